The van der Waals surface area contributed by atoms with Gasteiger partial charge in [0, 0.05) is 11.6 Å². The van der Waals surface area contributed by atoms with Crippen LogP contribution in [0.15, 0.2) is 45.7 Å². The summed E-state index contributed by atoms with van der Waals surface area (Å²) >= 11 is 0.668. The lowest BCUT2D eigenvalue weighted by Crippen LogP contribution is -2.31. The van der Waals surface area contributed by atoms with E-state index < -0.39 is 26.7 Å². The molecule has 3 N–H and O–H groups in total. The first kappa shape index (κ1) is 17.3. The Hall–Kier alpha value is -2.56. The number of carbonyl (C=O) groups is 2. The van der Waals surface area contributed by atoms with E-state index in [1.165, 1.54) is 18.2 Å². The first-order valence-corrected chi connectivity index (χ1v) is 9.21. The Morgan fingerprint density at radius 1 is 1.20 bits per heavy atom. The third-order valence-corrected chi connectivity index (χ3v) is 5.86. The standard InChI is InChI=1S/C15H11NO7S2/c17-13-12(24-15(16-13)25(20,21)22)7-10-5-6-11(23-10)8-1-3-9(4-2-8)14(18)19/h1-7,15H,(H,16,17)(H,18,19)(H,20,21,22)/b12-7+. The molecule has 1 atom stereocenters. The number of furan rings is 1. The molecule has 1 amide bonds. The normalized spacial score (nSPS) is 19.2. The molecular formula is C15H11NO7S2. The van der Waals surface area contributed by atoms with E-state index in [2.05, 4.69) is 5.32 Å². The highest BCUT2D eigenvalue weighted by atomic mass is 32.3. The molecule has 0 bridgehead atoms. The van der Waals surface area contributed by atoms with E-state index in [4.69, 9.17) is 14.1 Å². The highest BCUT2D eigenvalue weighted by Gasteiger charge is 2.36. The summed E-state index contributed by atoms with van der Waals surface area (Å²) in [5.74, 6) is -0.894. The number of thioether (sulfide) groups is 1. The molecule has 1 aliphatic heterocycles. The SMILES string of the molecule is O=C1NC(S(=O)(=O)O)S/C1=C/c1ccc(-c2ccc(C(=O)O)cc2)o1. The van der Waals surface area contributed by atoms with Crippen molar-refractivity contribution in [1.82, 2.24) is 5.32 Å². The summed E-state index contributed by atoms with van der Waals surface area (Å²) in [6.07, 6.45) is 1.36. The lowest BCUT2D eigenvalue weighted by molar-refractivity contribution is -0.116. The van der Waals surface area contributed by atoms with Crippen molar-refractivity contribution in [3.05, 3.63) is 52.6 Å². The predicted molar refractivity (Wildman–Crippen MR) is 90.2 cm³/mol. The number of benzene rings is 1. The zero-order chi connectivity index (χ0) is 18.2. The van der Waals surface area contributed by atoms with Gasteiger partial charge in [-0.3, -0.25) is 9.35 Å². The van der Waals surface area contributed by atoms with Crippen molar-refractivity contribution in [1.29, 1.82) is 0 Å². The molecule has 1 aromatic carbocycles. The van der Waals surface area contributed by atoms with E-state index in [0.29, 0.717) is 28.8 Å². The van der Waals surface area contributed by atoms with Crippen LogP contribution in [-0.4, -0.2) is 34.7 Å². The molecule has 1 fully saturated rings. The number of hydrogen-bond donors (Lipinski definition) is 3. The number of carbonyl (C=O) groups excluding carboxylic acids is 1. The molecule has 2 heterocycles. The average molecular weight is 381 g/mol. The maximum atomic E-state index is 11.7. The Morgan fingerprint density at radius 2 is 1.88 bits per heavy atom. The minimum absolute atomic E-state index is 0.0877. The molecule has 0 radical (unpaired) electrons. The third-order valence-electron chi connectivity index (χ3n) is 3.29. The number of amides is 1. The van der Waals surface area contributed by atoms with Gasteiger partial charge in [-0.05, 0) is 24.3 Å². The fourth-order valence-corrected chi connectivity index (χ4v) is 3.90. The van der Waals surface area contributed by atoms with Crippen molar-refractivity contribution >= 4 is 39.8 Å². The van der Waals surface area contributed by atoms with Crippen LogP contribution in [0.5, 0.6) is 0 Å². The summed E-state index contributed by atoms with van der Waals surface area (Å²) in [7, 11) is -4.40. The van der Waals surface area contributed by atoms with Gasteiger partial charge in [-0.1, -0.05) is 23.9 Å². The average Bonchev–Trinajstić information content (AvgIpc) is 3.15. The smallest absolute Gasteiger partial charge is 0.335 e. The monoisotopic (exact) mass is 381 g/mol. The quantitative estimate of drug-likeness (QED) is 0.541. The molecule has 1 aliphatic rings. The molecule has 1 aromatic heterocycles. The second-order valence-corrected chi connectivity index (χ2v) is 7.98. The molecule has 0 aliphatic carbocycles. The van der Waals surface area contributed by atoms with Crippen LogP contribution in [0.1, 0.15) is 16.1 Å². The minimum atomic E-state index is -4.40. The number of nitrogens with one attached hydrogen (secondary N) is 1. The van der Waals surface area contributed by atoms with Crippen molar-refractivity contribution in [3.63, 3.8) is 0 Å². The van der Waals surface area contributed by atoms with Crippen LogP contribution in [0.3, 0.4) is 0 Å². The second-order valence-electron chi connectivity index (χ2n) is 5.03. The minimum Gasteiger partial charge on any atom is -0.478 e. The van der Waals surface area contributed by atoms with Crippen LogP contribution in [0.4, 0.5) is 0 Å². The van der Waals surface area contributed by atoms with E-state index in [9.17, 15) is 18.0 Å². The molecule has 25 heavy (non-hydrogen) atoms. The fraction of sp³-hybridized carbons (Fsp3) is 0.0667. The van der Waals surface area contributed by atoms with Gasteiger partial charge < -0.3 is 14.8 Å². The van der Waals surface area contributed by atoms with Gasteiger partial charge in [-0.2, -0.15) is 8.42 Å². The summed E-state index contributed by atoms with van der Waals surface area (Å²) in [6, 6.07) is 9.28. The summed E-state index contributed by atoms with van der Waals surface area (Å²) < 4.78 is 35.2. The zero-order valence-corrected chi connectivity index (χ0v) is 14.0. The van der Waals surface area contributed by atoms with Crippen LogP contribution >= 0.6 is 11.8 Å². The lowest BCUT2D eigenvalue weighted by atomic mass is 10.1. The predicted octanol–water partition coefficient (Wildman–Crippen LogP) is 2.02. The van der Waals surface area contributed by atoms with E-state index in [0.717, 1.165) is 0 Å². The van der Waals surface area contributed by atoms with Crippen LogP contribution in [-0.2, 0) is 14.9 Å². The van der Waals surface area contributed by atoms with Gasteiger partial charge >= 0.3 is 5.97 Å². The van der Waals surface area contributed by atoms with Crippen molar-refractivity contribution in [2.45, 2.75) is 4.71 Å². The van der Waals surface area contributed by atoms with E-state index in [1.54, 1.807) is 24.3 Å². The first-order valence-electron chi connectivity index (χ1n) is 6.83. The van der Waals surface area contributed by atoms with Gasteiger partial charge in [-0.15, -0.1) is 0 Å². The fourth-order valence-electron chi connectivity index (χ4n) is 2.10. The molecule has 10 heteroatoms. The summed E-state index contributed by atoms with van der Waals surface area (Å²) in [6.45, 7) is 0. The molecule has 8 nitrogen and oxygen atoms in total. The second kappa shape index (κ2) is 6.39. The van der Waals surface area contributed by atoms with Crippen LogP contribution in [0.2, 0.25) is 0 Å². The molecule has 1 unspecified atom stereocenters. The highest BCUT2D eigenvalue weighted by molar-refractivity contribution is 8.15. The van der Waals surface area contributed by atoms with Crippen molar-refractivity contribution in [2.75, 3.05) is 0 Å². The van der Waals surface area contributed by atoms with Crippen LogP contribution < -0.4 is 5.32 Å². The highest BCUT2D eigenvalue weighted by Crippen LogP contribution is 2.33. The zero-order valence-electron chi connectivity index (χ0n) is 12.4. The lowest BCUT2D eigenvalue weighted by Gasteiger charge is -2.01. The molecule has 3 rings (SSSR count). The number of hydrogen-bond acceptors (Lipinski definition) is 6. The Morgan fingerprint density at radius 3 is 2.44 bits per heavy atom. The third kappa shape index (κ3) is 3.76. The molecule has 1 saturated heterocycles. The van der Waals surface area contributed by atoms with E-state index in [-0.39, 0.29) is 10.5 Å². The van der Waals surface area contributed by atoms with Gasteiger partial charge in [0.1, 0.15) is 11.5 Å². The maximum absolute atomic E-state index is 11.7. The maximum Gasteiger partial charge on any atom is 0.335 e. The Balaban J connectivity index is 1.82. The van der Waals surface area contributed by atoms with Crippen LogP contribution in [0.25, 0.3) is 17.4 Å². The molecule has 0 saturated carbocycles. The largest absolute Gasteiger partial charge is 0.478 e. The van der Waals surface area contributed by atoms with Gasteiger partial charge in [0.2, 0.25) is 4.71 Å². The van der Waals surface area contributed by atoms with Gasteiger partial charge in [-0.25, -0.2) is 4.79 Å². The van der Waals surface area contributed by atoms with E-state index >= 15 is 0 Å². The molecule has 0 spiro atoms. The van der Waals surface area contributed by atoms with Crippen molar-refractivity contribution in [2.24, 2.45) is 0 Å². The topological polar surface area (TPSA) is 134 Å². The number of aromatic carboxylic acids is 1. The van der Waals surface area contributed by atoms with Gasteiger partial charge in [0.05, 0.1) is 10.5 Å². The van der Waals surface area contributed by atoms with Crippen molar-refractivity contribution in [3.8, 4) is 11.3 Å². The van der Waals surface area contributed by atoms with Crippen LogP contribution in [0, 0.1) is 0 Å². The van der Waals surface area contributed by atoms with Crippen molar-refractivity contribution < 1.29 is 32.1 Å². The Bertz CT molecular complexity index is 974. The van der Waals surface area contributed by atoms with Gasteiger partial charge in [0.25, 0.3) is 16.0 Å². The summed E-state index contributed by atoms with van der Waals surface area (Å²) in [5.41, 5.74) is 0.793. The molecular weight excluding hydrogens is 370 g/mol. The first-order chi connectivity index (χ1) is 11.7. The summed E-state index contributed by atoms with van der Waals surface area (Å²) in [4.78, 5) is 22.7. The number of carboxylic acid groups (broad SMARTS) is 1. The molecule has 130 valence electrons. The Labute approximate surface area is 146 Å². The summed E-state index contributed by atoms with van der Waals surface area (Å²) in [5, 5.41) is 11.0. The van der Waals surface area contributed by atoms with E-state index in [1.807, 2.05) is 0 Å². The molecule has 2 aromatic rings. The number of carboxylic acids is 1. The van der Waals surface area contributed by atoms with Gasteiger partial charge in [0.15, 0.2) is 0 Å². The number of rotatable bonds is 4. The Kier molecular flexibility index (Phi) is 4.41.